The number of hydrogen-bond acceptors (Lipinski definition) is 9. The van der Waals surface area contributed by atoms with Gasteiger partial charge in [0.15, 0.2) is 40.4 Å². The molecule has 1 aliphatic heterocycles. The topological polar surface area (TPSA) is 190 Å². The molecule has 2 heterocycles. The number of nitrogens with zero attached hydrogens (tertiary/aromatic N) is 2. The molecule has 13 heteroatoms. The molecule has 3 rings (SSSR count). The number of amides is 2. The zero-order valence-electron chi connectivity index (χ0n) is 20.3. The van der Waals surface area contributed by atoms with Gasteiger partial charge in [-0.2, -0.15) is 0 Å². The van der Waals surface area contributed by atoms with Crippen molar-refractivity contribution in [3.05, 3.63) is 23.3 Å². The fourth-order valence-electron chi connectivity index (χ4n) is 4.37. The molecule has 36 heavy (non-hydrogen) atoms. The van der Waals surface area contributed by atoms with Crippen LogP contribution >= 0.6 is 11.6 Å². The van der Waals surface area contributed by atoms with Gasteiger partial charge in [0.2, 0.25) is 0 Å². The zero-order valence-corrected chi connectivity index (χ0v) is 21.0. The third-order valence-electron chi connectivity index (χ3n) is 6.30. The van der Waals surface area contributed by atoms with Gasteiger partial charge in [0.1, 0.15) is 0 Å². The quantitative estimate of drug-likeness (QED) is 0.143. The van der Waals surface area contributed by atoms with Crippen LogP contribution in [0.5, 0.6) is 0 Å². The van der Waals surface area contributed by atoms with Gasteiger partial charge in [0, 0.05) is 13.2 Å². The lowest BCUT2D eigenvalue weighted by molar-refractivity contribution is -0.123. The number of guanidine groups is 1. The van der Waals surface area contributed by atoms with Crippen LogP contribution < -0.4 is 27.4 Å². The van der Waals surface area contributed by atoms with Crippen molar-refractivity contribution < 1.29 is 19.1 Å². The Bertz CT molecular complexity index is 968. The van der Waals surface area contributed by atoms with Gasteiger partial charge in [0.05, 0.1) is 6.10 Å². The molecule has 1 unspecified atom stereocenters. The summed E-state index contributed by atoms with van der Waals surface area (Å²) in [6.07, 6.45) is 8.69. The van der Waals surface area contributed by atoms with Crippen molar-refractivity contribution >= 4 is 41.0 Å². The molecular weight excluding hydrogens is 488 g/mol. The Balaban J connectivity index is 1.20. The second kappa shape index (κ2) is 13.3. The van der Waals surface area contributed by atoms with Crippen molar-refractivity contribution in [3.63, 3.8) is 0 Å². The van der Waals surface area contributed by atoms with Crippen LogP contribution in [0.15, 0.2) is 12.5 Å². The van der Waals surface area contributed by atoms with E-state index in [0.717, 1.165) is 51.4 Å². The Kier molecular flexibility index (Phi) is 10.1. The Morgan fingerprint density at radius 2 is 1.92 bits per heavy atom. The SMILES string of the molecule is C=C1NC(=O)C(CCCOC2CCC(CCCCNC(=N)NC(=O)c3nc(Cl)c(N)nc3N)CC2)O1. The Morgan fingerprint density at radius 1 is 1.17 bits per heavy atom. The molecule has 1 saturated heterocycles. The molecule has 0 bridgehead atoms. The molecule has 0 spiro atoms. The minimum Gasteiger partial charge on any atom is -0.466 e. The van der Waals surface area contributed by atoms with E-state index in [0.29, 0.717) is 31.4 Å². The molecule has 2 aliphatic rings. The largest absolute Gasteiger partial charge is 0.466 e. The van der Waals surface area contributed by atoms with Gasteiger partial charge in [-0.1, -0.05) is 24.4 Å². The smallest absolute Gasteiger partial charge is 0.280 e. The van der Waals surface area contributed by atoms with E-state index in [-0.39, 0.29) is 40.5 Å². The van der Waals surface area contributed by atoms with Gasteiger partial charge < -0.3 is 26.3 Å². The monoisotopic (exact) mass is 522 g/mol. The summed E-state index contributed by atoms with van der Waals surface area (Å²) in [6, 6.07) is 0. The summed E-state index contributed by atoms with van der Waals surface area (Å²) in [5, 5.41) is 15.6. The van der Waals surface area contributed by atoms with E-state index in [1.807, 2.05) is 0 Å². The molecule has 0 aromatic carbocycles. The first-order valence-corrected chi connectivity index (χ1v) is 12.6. The molecule has 2 fully saturated rings. The van der Waals surface area contributed by atoms with Crippen molar-refractivity contribution in [2.75, 3.05) is 24.6 Å². The summed E-state index contributed by atoms with van der Waals surface area (Å²) in [7, 11) is 0. The molecule has 1 aromatic rings. The van der Waals surface area contributed by atoms with E-state index in [1.165, 1.54) is 0 Å². The second-order valence-electron chi connectivity index (χ2n) is 9.06. The zero-order chi connectivity index (χ0) is 26.1. The first kappa shape index (κ1) is 27.5. The van der Waals surface area contributed by atoms with Crippen LogP contribution in [0.25, 0.3) is 0 Å². The van der Waals surface area contributed by atoms with Gasteiger partial charge in [-0.15, -0.1) is 0 Å². The van der Waals surface area contributed by atoms with E-state index in [4.69, 9.17) is 38.0 Å². The van der Waals surface area contributed by atoms with Crippen LogP contribution in [0.2, 0.25) is 5.15 Å². The number of carbonyl (C=O) groups excluding carboxylic acids is 2. The molecule has 0 radical (unpaired) electrons. The summed E-state index contributed by atoms with van der Waals surface area (Å²) in [5.74, 6) is -0.150. The fraction of sp³-hybridized carbons (Fsp3) is 0.609. The van der Waals surface area contributed by atoms with E-state index < -0.39 is 12.0 Å². The number of ether oxygens (including phenoxy) is 2. The third-order valence-corrected chi connectivity index (χ3v) is 6.58. The van der Waals surface area contributed by atoms with E-state index in [2.05, 4.69) is 32.5 Å². The number of hydrogen-bond donors (Lipinski definition) is 6. The van der Waals surface area contributed by atoms with Gasteiger partial charge in [-0.25, -0.2) is 9.97 Å². The maximum atomic E-state index is 12.2. The van der Waals surface area contributed by atoms with Gasteiger partial charge >= 0.3 is 0 Å². The number of anilines is 2. The maximum Gasteiger partial charge on any atom is 0.280 e. The van der Waals surface area contributed by atoms with Crippen LogP contribution in [0.4, 0.5) is 11.6 Å². The number of aromatic nitrogens is 2. The number of carbonyl (C=O) groups is 2. The summed E-state index contributed by atoms with van der Waals surface area (Å²) in [4.78, 5) is 31.4. The molecule has 1 aromatic heterocycles. The van der Waals surface area contributed by atoms with Gasteiger partial charge in [-0.3, -0.25) is 25.6 Å². The Labute approximate surface area is 215 Å². The molecule has 1 atom stereocenters. The fourth-order valence-corrected chi connectivity index (χ4v) is 4.49. The maximum absolute atomic E-state index is 12.2. The summed E-state index contributed by atoms with van der Waals surface area (Å²) in [6.45, 7) is 4.80. The van der Waals surface area contributed by atoms with Crippen LogP contribution in [-0.2, 0) is 14.3 Å². The van der Waals surface area contributed by atoms with Gasteiger partial charge in [-0.05, 0) is 57.4 Å². The predicted molar refractivity (Wildman–Crippen MR) is 136 cm³/mol. The van der Waals surface area contributed by atoms with Gasteiger partial charge in [0.25, 0.3) is 11.8 Å². The summed E-state index contributed by atoms with van der Waals surface area (Å²) in [5.41, 5.74) is 11.0. The molecule has 1 aliphatic carbocycles. The van der Waals surface area contributed by atoms with E-state index in [1.54, 1.807) is 0 Å². The number of rotatable bonds is 11. The second-order valence-corrected chi connectivity index (χ2v) is 9.42. The van der Waals surface area contributed by atoms with Crippen molar-refractivity contribution in [1.82, 2.24) is 25.9 Å². The van der Waals surface area contributed by atoms with Crippen molar-refractivity contribution in [2.24, 2.45) is 5.92 Å². The number of nitrogens with one attached hydrogen (secondary N) is 4. The van der Waals surface area contributed by atoms with Crippen LogP contribution in [0.3, 0.4) is 0 Å². The van der Waals surface area contributed by atoms with Crippen molar-refractivity contribution in [2.45, 2.75) is 70.0 Å². The van der Waals surface area contributed by atoms with Crippen LogP contribution in [0.1, 0.15) is 68.3 Å². The molecule has 8 N–H and O–H groups in total. The van der Waals surface area contributed by atoms with Crippen LogP contribution in [0, 0.1) is 11.3 Å². The molecular formula is C23H35ClN8O4. The molecule has 1 saturated carbocycles. The lowest BCUT2D eigenvalue weighted by atomic mass is 9.84. The molecule has 2 amide bonds. The molecule has 12 nitrogen and oxygen atoms in total. The summed E-state index contributed by atoms with van der Waals surface area (Å²) < 4.78 is 11.3. The highest BCUT2D eigenvalue weighted by molar-refractivity contribution is 6.31. The summed E-state index contributed by atoms with van der Waals surface area (Å²) >= 11 is 5.79. The normalized spacial score (nSPS) is 21.5. The lowest BCUT2D eigenvalue weighted by Gasteiger charge is -2.28. The van der Waals surface area contributed by atoms with Crippen molar-refractivity contribution in [3.8, 4) is 0 Å². The average molecular weight is 523 g/mol. The first-order valence-electron chi connectivity index (χ1n) is 12.2. The minimum atomic E-state index is -0.679. The number of nitrogens with two attached hydrogens (primary N) is 2. The number of nitrogen functional groups attached to an aromatic ring is 2. The Morgan fingerprint density at radius 3 is 2.61 bits per heavy atom. The van der Waals surface area contributed by atoms with Crippen molar-refractivity contribution in [1.29, 1.82) is 5.41 Å². The highest BCUT2D eigenvalue weighted by atomic mass is 35.5. The van der Waals surface area contributed by atoms with Crippen LogP contribution in [-0.4, -0.2) is 53.1 Å². The predicted octanol–water partition coefficient (Wildman–Crippen LogP) is 2.06. The first-order chi connectivity index (χ1) is 17.2. The minimum absolute atomic E-state index is 0.0612. The average Bonchev–Trinajstić information content (AvgIpc) is 3.16. The Hall–Kier alpha value is -3.12. The van der Waals surface area contributed by atoms with E-state index in [9.17, 15) is 9.59 Å². The standard InChI is InChI=1S/C23H35ClN8O4/c1-13-29-21(33)16(36-13)6-4-12-35-15-9-7-14(8-10-15)5-2-3-11-28-23(27)32-22(34)17-19(25)31-20(26)18(24)30-17/h14-16H,1-12H2,(H,29,33)(H4,25,26,31)(H3,27,28,32,34). The van der Waals surface area contributed by atoms with E-state index >= 15 is 0 Å². The lowest BCUT2D eigenvalue weighted by Crippen LogP contribution is -2.41. The third kappa shape index (κ3) is 8.23. The highest BCUT2D eigenvalue weighted by Crippen LogP contribution is 2.30. The number of unbranched alkanes of at least 4 members (excludes halogenated alkanes) is 1. The number of halogens is 1. The molecule has 198 valence electrons. The highest BCUT2D eigenvalue weighted by Gasteiger charge is 2.28.